The zero-order valence-electron chi connectivity index (χ0n) is 10.1. The summed E-state index contributed by atoms with van der Waals surface area (Å²) in [6.07, 6.45) is 0.786. The highest BCUT2D eigenvalue weighted by atomic mass is 79.9. The van der Waals surface area contributed by atoms with Gasteiger partial charge in [-0.2, -0.15) is 0 Å². The number of aliphatic hydroxyl groups is 1. The van der Waals surface area contributed by atoms with Crippen molar-refractivity contribution < 1.29 is 14.6 Å². The van der Waals surface area contributed by atoms with E-state index in [0.717, 1.165) is 16.6 Å². The SMILES string of the molecule is CCCOC1C(O)CC1Oc1ccc(Cl)cc1Br. The smallest absolute Gasteiger partial charge is 0.134 e. The van der Waals surface area contributed by atoms with E-state index in [4.69, 9.17) is 21.1 Å². The van der Waals surface area contributed by atoms with Gasteiger partial charge in [0.2, 0.25) is 0 Å². The van der Waals surface area contributed by atoms with Gasteiger partial charge in [0.15, 0.2) is 0 Å². The Balaban J connectivity index is 1.96. The standard InChI is InChI=1S/C13H16BrClO3/c1-2-5-17-13-10(16)7-12(13)18-11-4-3-8(15)6-9(11)14/h3-4,6,10,12-13,16H,2,5,7H2,1H3. The van der Waals surface area contributed by atoms with Crippen molar-refractivity contribution in [3.8, 4) is 5.75 Å². The second-order valence-corrected chi connectivity index (χ2v) is 5.66. The molecule has 1 N–H and O–H groups in total. The monoisotopic (exact) mass is 334 g/mol. The maximum atomic E-state index is 9.66. The average molecular weight is 336 g/mol. The van der Waals surface area contributed by atoms with Gasteiger partial charge in [-0.15, -0.1) is 0 Å². The molecule has 1 aromatic carbocycles. The van der Waals surface area contributed by atoms with Gasteiger partial charge in [0.25, 0.3) is 0 Å². The Morgan fingerprint density at radius 2 is 2.28 bits per heavy atom. The van der Waals surface area contributed by atoms with E-state index in [1.165, 1.54) is 0 Å². The molecule has 2 rings (SSSR count). The van der Waals surface area contributed by atoms with Gasteiger partial charge in [-0.05, 0) is 40.5 Å². The highest BCUT2D eigenvalue weighted by molar-refractivity contribution is 9.10. The largest absolute Gasteiger partial charge is 0.486 e. The van der Waals surface area contributed by atoms with Gasteiger partial charge in [-0.3, -0.25) is 0 Å². The number of hydrogen-bond donors (Lipinski definition) is 1. The first-order valence-corrected chi connectivity index (χ1v) is 7.20. The second-order valence-electron chi connectivity index (χ2n) is 4.37. The van der Waals surface area contributed by atoms with Crippen LogP contribution in [0.25, 0.3) is 0 Å². The molecule has 3 unspecified atom stereocenters. The summed E-state index contributed by atoms with van der Waals surface area (Å²) < 4.78 is 12.2. The molecule has 0 bridgehead atoms. The third-order valence-corrected chi connectivity index (χ3v) is 3.76. The average Bonchev–Trinajstić information content (AvgIpc) is 2.32. The Kier molecular flexibility index (Phi) is 4.90. The fourth-order valence-corrected chi connectivity index (χ4v) is 2.66. The van der Waals surface area contributed by atoms with Crippen molar-refractivity contribution in [2.75, 3.05) is 6.61 Å². The van der Waals surface area contributed by atoms with E-state index in [9.17, 15) is 5.11 Å². The molecule has 0 amide bonds. The van der Waals surface area contributed by atoms with Gasteiger partial charge < -0.3 is 14.6 Å². The predicted molar refractivity (Wildman–Crippen MR) is 74.2 cm³/mol. The van der Waals surface area contributed by atoms with Crippen molar-refractivity contribution >= 4 is 27.5 Å². The van der Waals surface area contributed by atoms with E-state index in [1.807, 2.05) is 13.0 Å². The molecule has 0 radical (unpaired) electrons. The lowest BCUT2D eigenvalue weighted by molar-refractivity contribution is -0.162. The molecule has 1 saturated carbocycles. The quantitative estimate of drug-likeness (QED) is 0.896. The van der Waals surface area contributed by atoms with Crippen molar-refractivity contribution in [3.05, 3.63) is 27.7 Å². The van der Waals surface area contributed by atoms with Crippen LogP contribution >= 0.6 is 27.5 Å². The molecule has 1 aliphatic rings. The van der Waals surface area contributed by atoms with E-state index in [-0.39, 0.29) is 12.2 Å². The summed E-state index contributed by atoms with van der Waals surface area (Å²) in [5, 5.41) is 10.3. The molecule has 5 heteroatoms. The van der Waals surface area contributed by atoms with Crippen LogP contribution in [0.5, 0.6) is 5.75 Å². The third kappa shape index (κ3) is 3.18. The molecule has 100 valence electrons. The van der Waals surface area contributed by atoms with Gasteiger partial charge >= 0.3 is 0 Å². The molecule has 1 aliphatic carbocycles. The van der Waals surface area contributed by atoms with Crippen LogP contribution in [0, 0.1) is 0 Å². The van der Waals surface area contributed by atoms with Gasteiger partial charge in [0.05, 0.1) is 10.6 Å². The summed E-state index contributed by atoms with van der Waals surface area (Å²) in [5.41, 5.74) is 0. The van der Waals surface area contributed by atoms with Gasteiger partial charge in [-0.1, -0.05) is 18.5 Å². The molecule has 0 aliphatic heterocycles. The number of halogens is 2. The Morgan fingerprint density at radius 3 is 2.89 bits per heavy atom. The molecular formula is C13H16BrClO3. The molecule has 18 heavy (non-hydrogen) atoms. The van der Waals surface area contributed by atoms with Crippen molar-refractivity contribution in [3.63, 3.8) is 0 Å². The molecule has 1 fully saturated rings. The van der Waals surface area contributed by atoms with Gasteiger partial charge in [0.1, 0.15) is 18.0 Å². The molecular weight excluding hydrogens is 319 g/mol. The van der Waals surface area contributed by atoms with Gasteiger partial charge in [-0.25, -0.2) is 0 Å². The summed E-state index contributed by atoms with van der Waals surface area (Å²) in [4.78, 5) is 0. The molecule has 3 nitrogen and oxygen atoms in total. The molecule has 0 aromatic heterocycles. The fraction of sp³-hybridized carbons (Fsp3) is 0.538. The summed E-state index contributed by atoms with van der Waals surface area (Å²) in [7, 11) is 0. The maximum absolute atomic E-state index is 9.66. The molecule has 3 atom stereocenters. The van der Waals surface area contributed by atoms with Crippen molar-refractivity contribution in [1.82, 2.24) is 0 Å². The Hall–Kier alpha value is -0.290. The summed E-state index contributed by atoms with van der Waals surface area (Å²) in [6.45, 7) is 2.68. The van der Waals surface area contributed by atoms with Crippen LogP contribution in [-0.2, 0) is 4.74 Å². The Labute approximate surface area is 120 Å². The highest BCUT2D eigenvalue weighted by Crippen LogP contribution is 2.34. The first-order chi connectivity index (χ1) is 8.61. The molecule has 0 spiro atoms. The van der Waals surface area contributed by atoms with Crippen LogP contribution < -0.4 is 4.74 Å². The lowest BCUT2D eigenvalue weighted by Gasteiger charge is -2.40. The molecule has 1 aromatic rings. The first-order valence-electron chi connectivity index (χ1n) is 6.03. The van der Waals surface area contributed by atoms with Crippen LogP contribution in [0.1, 0.15) is 19.8 Å². The second kappa shape index (κ2) is 6.24. The van der Waals surface area contributed by atoms with Crippen LogP contribution in [0.4, 0.5) is 0 Å². The number of benzene rings is 1. The van der Waals surface area contributed by atoms with Crippen LogP contribution in [0.2, 0.25) is 5.02 Å². The third-order valence-electron chi connectivity index (χ3n) is 2.91. The van der Waals surface area contributed by atoms with Crippen LogP contribution in [-0.4, -0.2) is 30.0 Å². The predicted octanol–water partition coefficient (Wildman–Crippen LogP) is 3.41. The minimum absolute atomic E-state index is 0.0935. The fourth-order valence-electron chi connectivity index (χ4n) is 1.88. The van der Waals surface area contributed by atoms with Crippen molar-refractivity contribution in [1.29, 1.82) is 0 Å². The minimum Gasteiger partial charge on any atom is -0.486 e. The van der Waals surface area contributed by atoms with Crippen LogP contribution in [0.15, 0.2) is 22.7 Å². The lowest BCUT2D eigenvalue weighted by Crippen LogP contribution is -2.55. The Bertz CT molecular complexity index is 413. The topological polar surface area (TPSA) is 38.7 Å². The summed E-state index contributed by atoms with van der Waals surface area (Å²) in [6, 6.07) is 5.38. The summed E-state index contributed by atoms with van der Waals surface area (Å²) >= 11 is 9.28. The van der Waals surface area contributed by atoms with E-state index in [2.05, 4.69) is 15.9 Å². The van der Waals surface area contributed by atoms with Crippen LogP contribution in [0.3, 0.4) is 0 Å². The van der Waals surface area contributed by atoms with E-state index >= 15 is 0 Å². The zero-order valence-corrected chi connectivity index (χ0v) is 12.4. The number of aliphatic hydroxyl groups excluding tert-OH is 1. The zero-order chi connectivity index (χ0) is 13.1. The minimum atomic E-state index is -0.423. The molecule has 0 saturated heterocycles. The first kappa shape index (κ1) is 14.1. The Morgan fingerprint density at radius 1 is 1.50 bits per heavy atom. The van der Waals surface area contributed by atoms with E-state index < -0.39 is 6.10 Å². The van der Waals surface area contributed by atoms with E-state index in [0.29, 0.717) is 18.1 Å². The normalized spacial score (nSPS) is 26.8. The van der Waals surface area contributed by atoms with Gasteiger partial charge in [0, 0.05) is 18.1 Å². The van der Waals surface area contributed by atoms with Crippen molar-refractivity contribution in [2.45, 2.75) is 38.1 Å². The highest BCUT2D eigenvalue weighted by Gasteiger charge is 2.43. The van der Waals surface area contributed by atoms with E-state index in [1.54, 1.807) is 12.1 Å². The number of rotatable bonds is 5. The lowest BCUT2D eigenvalue weighted by atomic mass is 9.88. The number of hydrogen-bond acceptors (Lipinski definition) is 3. The van der Waals surface area contributed by atoms with Crippen molar-refractivity contribution in [2.24, 2.45) is 0 Å². The number of ether oxygens (including phenoxy) is 2. The molecule has 0 heterocycles. The maximum Gasteiger partial charge on any atom is 0.134 e. The summed E-state index contributed by atoms with van der Waals surface area (Å²) in [5.74, 6) is 0.724.